The number of anilines is 1. The quantitative estimate of drug-likeness (QED) is 0.138. The zero-order valence-corrected chi connectivity index (χ0v) is 21.6. The number of nitrogens with two attached hydrogens (primary N) is 1. The second-order valence-corrected chi connectivity index (χ2v) is 9.91. The van der Waals surface area contributed by atoms with Crippen LogP contribution >= 0.6 is 11.6 Å². The second kappa shape index (κ2) is 11.1. The fraction of sp³-hybridized carbons (Fsp3) is 0.219. The molecule has 0 aliphatic heterocycles. The third kappa shape index (κ3) is 5.52. The Morgan fingerprint density at radius 3 is 2.31 bits per heavy atom. The van der Waals surface area contributed by atoms with E-state index in [1.54, 1.807) is 12.1 Å². The van der Waals surface area contributed by atoms with E-state index in [0.29, 0.717) is 5.92 Å². The summed E-state index contributed by atoms with van der Waals surface area (Å²) in [6.45, 7) is 8.01. The van der Waals surface area contributed by atoms with Gasteiger partial charge in [-0.2, -0.15) is 4.39 Å². The van der Waals surface area contributed by atoms with Gasteiger partial charge in [0.15, 0.2) is 0 Å². The summed E-state index contributed by atoms with van der Waals surface area (Å²) in [7, 11) is 0. The molecule has 4 rings (SSSR count). The Hall–Kier alpha value is -3.43. The lowest BCUT2D eigenvalue weighted by atomic mass is 9.73. The molecule has 3 aromatic carbocycles. The molecular weight excluding hydrogens is 467 g/mol. The van der Waals surface area contributed by atoms with E-state index in [9.17, 15) is 4.39 Å². The van der Waals surface area contributed by atoms with Crippen LogP contribution in [0.25, 0.3) is 17.2 Å². The summed E-state index contributed by atoms with van der Waals surface area (Å²) in [5, 5.41) is 8.34. The summed E-state index contributed by atoms with van der Waals surface area (Å²) in [6.07, 6.45) is 8.25. The Bertz CT molecular complexity index is 1360. The van der Waals surface area contributed by atoms with Crippen molar-refractivity contribution in [1.82, 2.24) is 0 Å². The molecule has 2 nitrogen and oxygen atoms in total. The molecule has 0 spiro atoms. The summed E-state index contributed by atoms with van der Waals surface area (Å²) in [5.74, 6) is -0.691. The third-order valence-electron chi connectivity index (χ3n) is 6.85. The van der Waals surface area contributed by atoms with Gasteiger partial charge < -0.3 is 5.73 Å². The average Bonchev–Trinajstić information content (AvgIpc) is 2.82. The molecule has 0 bridgehead atoms. The number of nitrogen functional groups attached to an aromatic ring is 1. The standard InChI is InChI=1S/C32H32ClFN2/c1-4-21-12-16-26(28(33)18-21)31(23-6-5-7-23)30(25-15-17-29(35)27(19-25)32(34)36)24-13-10-22(11-14-24)9-8-20(2)3/h8-19,23,36H,2,4-7,35H2,1,3H3/b9-8+,31-30+,36-32?. The van der Waals surface area contributed by atoms with Crippen molar-refractivity contribution < 1.29 is 4.39 Å². The summed E-state index contributed by atoms with van der Waals surface area (Å²) < 4.78 is 14.1. The van der Waals surface area contributed by atoms with Crippen LogP contribution in [0.15, 0.2) is 78.9 Å². The van der Waals surface area contributed by atoms with E-state index in [2.05, 4.69) is 49.9 Å². The van der Waals surface area contributed by atoms with Crippen molar-refractivity contribution in [2.24, 2.45) is 5.92 Å². The van der Waals surface area contributed by atoms with Crippen LogP contribution in [0.4, 0.5) is 10.1 Å². The number of hydrogen-bond donors (Lipinski definition) is 2. The molecule has 1 aliphatic carbocycles. The minimum Gasteiger partial charge on any atom is -0.398 e. The predicted octanol–water partition coefficient (Wildman–Crippen LogP) is 9.13. The maximum Gasteiger partial charge on any atom is 0.214 e. The number of halogens is 2. The van der Waals surface area contributed by atoms with Crippen LogP contribution in [-0.2, 0) is 6.42 Å². The summed E-state index contributed by atoms with van der Waals surface area (Å²) in [6, 6.07) is 19.9. The van der Waals surface area contributed by atoms with Crippen molar-refractivity contribution >= 4 is 40.5 Å². The smallest absolute Gasteiger partial charge is 0.214 e. The molecule has 1 saturated carbocycles. The molecule has 0 amide bonds. The van der Waals surface area contributed by atoms with Crippen molar-refractivity contribution in [3.05, 3.63) is 117 Å². The monoisotopic (exact) mass is 498 g/mol. The predicted molar refractivity (Wildman–Crippen MR) is 153 cm³/mol. The van der Waals surface area contributed by atoms with E-state index in [1.165, 1.54) is 17.6 Å². The highest BCUT2D eigenvalue weighted by molar-refractivity contribution is 6.33. The van der Waals surface area contributed by atoms with Gasteiger partial charge in [-0.15, -0.1) is 0 Å². The van der Waals surface area contributed by atoms with E-state index in [1.807, 2.05) is 31.2 Å². The molecule has 1 aliphatic rings. The molecule has 0 radical (unpaired) electrons. The molecule has 184 valence electrons. The van der Waals surface area contributed by atoms with Gasteiger partial charge in [-0.25, -0.2) is 0 Å². The van der Waals surface area contributed by atoms with E-state index in [-0.39, 0.29) is 11.3 Å². The Labute approximate surface area is 218 Å². The molecule has 0 atom stereocenters. The Balaban J connectivity index is 1.99. The molecule has 1 fully saturated rings. The number of allylic oxidation sites excluding steroid dienone is 3. The van der Waals surface area contributed by atoms with Gasteiger partial charge in [-0.1, -0.05) is 91.7 Å². The Morgan fingerprint density at radius 2 is 1.75 bits per heavy atom. The minimum atomic E-state index is -1.04. The van der Waals surface area contributed by atoms with Crippen LogP contribution in [0.2, 0.25) is 5.02 Å². The lowest BCUT2D eigenvalue weighted by Crippen LogP contribution is -2.15. The Kier molecular flexibility index (Phi) is 7.91. The molecule has 36 heavy (non-hydrogen) atoms. The van der Waals surface area contributed by atoms with Gasteiger partial charge in [-0.05, 0) is 89.3 Å². The first-order valence-electron chi connectivity index (χ1n) is 12.4. The van der Waals surface area contributed by atoms with Gasteiger partial charge in [0, 0.05) is 10.7 Å². The molecule has 0 heterocycles. The summed E-state index contributed by atoms with van der Waals surface area (Å²) in [4.78, 5) is 0. The summed E-state index contributed by atoms with van der Waals surface area (Å²) >= 11 is 6.88. The van der Waals surface area contributed by atoms with Gasteiger partial charge >= 0.3 is 0 Å². The van der Waals surface area contributed by atoms with Crippen LogP contribution < -0.4 is 5.73 Å². The van der Waals surface area contributed by atoms with E-state index >= 15 is 0 Å². The van der Waals surface area contributed by atoms with Gasteiger partial charge in [0.2, 0.25) is 5.97 Å². The van der Waals surface area contributed by atoms with Crippen molar-refractivity contribution in [2.45, 2.75) is 39.5 Å². The molecular formula is C32H32ClFN2. The normalized spacial score (nSPS) is 14.4. The van der Waals surface area contributed by atoms with E-state index in [0.717, 1.165) is 57.7 Å². The highest BCUT2D eigenvalue weighted by Gasteiger charge is 2.29. The third-order valence-corrected chi connectivity index (χ3v) is 7.17. The van der Waals surface area contributed by atoms with Gasteiger partial charge in [-0.3, -0.25) is 5.41 Å². The molecule has 3 N–H and O–H groups in total. The first-order valence-corrected chi connectivity index (χ1v) is 12.8. The van der Waals surface area contributed by atoms with E-state index < -0.39 is 5.97 Å². The van der Waals surface area contributed by atoms with Crippen molar-refractivity contribution in [3.63, 3.8) is 0 Å². The highest BCUT2D eigenvalue weighted by Crippen LogP contribution is 2.47. The lowest BCUT2D eigenvalue weighted by molar-refractivity contribution is 0.401. The van der Waals surface area contributed by atoms with Crippen LogP contribution in [0.1, 0.15) is 66.5 Å². The first-order chi connectivity index (χ1) is 17.3. The zero-order chi connectivity index (χ0) is 25.8. The Morgan fingerprint density at radius 1 is 1.06 bits per heavy atom. The van der Waals surface area contributed by atoms with Crippen LogP contribution in [0, 0.1) is 11.3 Å². The maximum absolute atomic E-state index is 14.1. The van der Waals surface area contributed by atoms with Crippen LogP contribution in [-0.4, -0.2) is 5.97 Å². The fourth-order valence-electron chi connectivity index (χ4n) is 4.63. The molecule has 0 saturated heterocycles. The maximum atomic E-state index is 14.1. The zero-order valence-electron chi connectivity index (χ0n) is 20.9. The van der Waals surface area contributed by atoms with Gasteiger partial charge in [0.05, 0.1) is 5.56 Å². The van der Waals surface area contributed by atoms with Crippen molar-refractivity contribution in [3.8, 4) is 0 Å². The van der Waals surface area contributed by atoms with Gasteiger partial charge in [0.1, 0.15) is 0 Å². The molecule has 4 heteroatoms. The van der Waals surface area contributed by atoms with E-state index in [4.69, 9.17) is 22.7 Å². The number of nitrogens with one attached hydrogen (secondary N) is 1. The van der Waals surface area contributed by atoms with Crippen molar-refractivity contribution in [2.75, 3.05) is 5.73 Å². The number of hydrogen-bond acceptors (Lipinski definition) is 2. The lowest BCUT2D eigenvalue weighted by Gasteiger charge is -2.32. The number of aryl methyl sites for hydroxylation is 1. The highest BCUT2D eigenvalue weighted by atomic mass is 35.5. The van der Waals surface area contributed by atoms with Crippen LogP contribution in [0.5, 0.6) is 0 Å². The fourth-order valence-corrected chi connectivity index (χ4v) is 4.94. The van der Waals surface area contributed by atoms with Crippen LogP contribution in [0.3, 0.4) is 0 Å². The molecule has 3 aromatic rings. The number of rotatable bonds is 8. The molecule has 0 unspecified atom stereocenters. The average molecular weight is 499 g/mol. The molecule has 0 aromatic heterocycles. The first kappa shape index (κ1) is 25.7. The largest absolute Gasteiger partial charge is 0.398 e. The van der Waals surface area contributed by atoms with Gasteiger partial charge in [0.25, 0.3) is 0 Å². The second-order valence-electron chi connectivity index (χ2n) is 9.50. The van der Waals surface area contributed by atoms with Crippen molar-refractivity contribution in [1.29, 1.82) is 5.41 Å². The summed E-state index contributed by atoms with van der Waals surface area (Å²) in [5.41, 5.74) is 14.6. The minimum absolute atomic E-state index is 0.103. The number of benzene rings is 3. The SMILES string of the molecule is C=C(C)/C=C/c1ccc(/C(=C(\c2ccc(CC)cc2Cl)C2CCC2)c2ccc(N)c(C(=N)F)c2)cc1. The topological polar surface area (TPSA) is 49.9 Å².